The number of sulfonamides is 1. The third-order valence-corrected chi connectivity index (χ3v) is 6.76. The Morgan fingerprint density at radius 2 is 1.40 bits per heavy atom. The van der Waals surface area contributed by atoms with Gasteiger partial charge in [0.1, 0.15) is 17.4 Å². The molecule has 0 radical (unpaired) electrons. The lowest BCUT2D eigenvalue weighted by Gasteiger charge is -2.32. The van der Waals surface area contributed by atoms with E-state index in [9.17, 15) is 63.7 Å². The number of halogens is 8. The van der Waals surface area contributed by atoms with Crippen LogP contribution in [0.15, 0.2) is 71.6 Å². The largest absolute Gasteiger partial charge is 0.507 e. The van der Waals surface area contributed by atoms with Crippen LogP contribution < -0.4 is 4.72 Å². The first kappa shape index (κ1) is 30.4. The average molecular weight is 597 g/mol. The molecule has 214 valence electrons. The average Bonchev–Trinajstić information content (AvgIpc) is 2.80. The molecule has 0 aromatic heterocycles. The molecule has 0 atom stereocenters. The third-order valence-electron chi connectivity index (χ3n) is 5.38. The van der Waals surface area contributed by atoms with E-state index in [1.54, 1.807) is 4.72 Å². The Kier molecular flexibility index (Phi) is 7.91. The number of carboxylic acid groups (broad SMARTS) is 1. The van der Waals surface area contributed by atoms with Crippen molar-refractivity contribution in [2.24, 2.45) is 0 Å². The minimum absolute atomic E-state index is 0.0714. The number of carboxylic acids is 1. The molecule has 3 aromatic carbocycles. The number of carbonyl (C=O) groups is 1. The van der Waals surface area contributed by atoms with Crippen molar-refractivity contribution in [3.8, 4) is 5.75 Å². The summed E-state index contributed by atoms with van der Waals surface area (Å²) in [6.45, 7) is 0. The zero-order chi connectivity index (χ0) is 30.3. The second kappa shape index (κ2) is 10.4. The fourth-order valence-electron chi connectivity index (χ4n) is 3.54. The summed E-state index contributed by atoms with van der Waals surface area (Å²) in [5.74, 6) is -4.76. The van der Waals surface area contributed by atoms with Crippen LogP contribution in [0.2, 0.25) is 0 Å². The van der Waals surface area contributed by atoms with E-state index >= 15 is 0 Å². The van der Waals surface area contributed by atoms with Crippen LogP contribution in [0.1, 0.15) is 16.7 Å². The molecule has 7 nitrogen and oxygen atoms in total. The molecule has 0 heterocycles. The number of phenols is 1. The molecule has 0 saturated carbocycles. The Balaban J connectivity index is 2.05. The molecule has 0 saturated heterocycles. The van der Waals surface area contributed by atoms with E-state index in [2.05, 4.69) is 0 Å². The Morgan fingerprint density at radius 3 is 1.90 bits per heavy atom. The maximum atomic E-state index is 14.0. The summed E-state index contributed by atoms with van der Waals surface area (Å²) >= 11 is 0. The highest BCUT2D eigenvalue weighted by molar-refractivity contribution is 7.92. The van der Waals surface area contributed by atoms with Crippen LogP contribution in [0.3, 0.4) is 0 Å². The van der Waals surface area contributed by atoms with Gasteiger partial charge in [0, 0.05) is 23.3 Å². The fourth-order valence-corrected chi connectivity index (χ4v) is 4.60. The molecule has 0 fully saturated rings. The van der Waals surface area contributed by atoms with Gasteiger partial charge in [-0.25, -0.2) is 22.0 Å². The van der Waals surface area contributed by atoms with Crippen molar-refractivity contribution in [1.29, 1.82) is 0 Å². The van der Waals surface area contributed by atoms with E-state index in [1.807, 2.05) is 0 Å². The van der Waals surface area contributed by atoms with Gasteiger partial charge < -0.3 is 15.3 Å². The molecule has 0 spiro atoms. The quantitative estimate of drug-likeness (QED) is 0.217. The van der Waals surface area contributed by atoms with Crippen molar-refractivity contribution >= 4 is 27.3 Å². The molecule has 16 heteroatoms. The summed E-state index contributed by atoms with van der Waals surface area (Å²) in [7, 11) is -4.93. The van der Waals surface area contributed by atoms with Gasteiger partial charge in [-0.1, -0.05) is 12.1 Å². The van der Waals surface area contributed by atoms with Crippen molar-refractivity contribution in [2.45, 2.75) is 22.8 Å². The smallest absolute Gasteiger partial charge is 0.430 e. The van der Waals surface area contributed by atoms with E-state index in [-0.39, 0.29) is 34.9 Å². The maximum absolute atomic E-state index is 14.0. The number of hydrogen-bond donors (Lipinski definition) is 4. The second-order valence-electron chi connectivity index (χ2n) is 8.12. The molecule has 0 aliphatic heterocycles. The minimum Gasteiger partial charge on any atom is -0.507 e. The molecule has 0 aliphatic rings. The highest BCUT2D eigenvalue weighted by atomic mass is 32.2. The zero-order valence-electron chi connectivity index (χ0n) is 19.3. The van der Waals surface area contributed by atoms with Crippen molar-refractivity contribution in [3.63, 3.8) is 0 Å². The topological polar surface area (TPSA) is 124 Å². The van der Waals surface area contributed by atoms with Crippen LogP contribution in [-0.4, -0.2) is 42.1 Å². The van der Waals surface area contributed by atoms with Gasteiger partial charge in [0.2, 0.25) is 0 Å². The summed E-state index contributed by atoms with van der Waals surface area (Å²) in [4.78, 5) is 10.5. The van der Waals surface area contributed by atoms with Gasteiger partial charge in [0.25, 0.3) is 15.6 Å². The first-order valence-electron chi connectivity index (χ1n) is 10.5. The van der Waals surface area contributed by atoms with Gasteiger partial charge >= 0.3 is 18.3 Å². The fraction of sp³-hybridized carbons (Fsp3) is 0.125. The molecule has 3 aromatic rings. The molecule has 0 unspecified atom stereocenters. The van der Waals surface area contributed by atoms with Gasteiger partial charge in [-0.3, -0.25) is 4.72 Å². The molecule has 4 N–H and O–H groups in total. The Hall–Kier alpha value is -4.18. The van der Waals surface area contributed by atoms with Gasteiger partial charge in [-0.05, 0) is 53.6 Å². The SMILES string of the molecule is O=C(O)C=C(c1ccc(F)cc1)c1ccc(S(=O)(=O)Nc2cc(F)cc(C(O)(C(F)(F)F)C(F)(F)F)c2)cc1O. The summed E-state index contributed by atoms with van der Waals surface area (Å²) in [5.41, 5.74) is -9.08. The van der Waals surface area contributed by atoms with E-state index in [1.165, 1.54) is 12.1 Å². The van der Waals surface area contributed by atoms with E-state index in [0.717, 1.165) is 24.3 Å². The first-order valence-corrected chi connectivity index (χ1v) is 12.0. The molecule has 0 aliphatic carbocycles. The highest BCUT2D eigenvalue weighted by Crippen LogP contribution is 2.50. The Bertz CT molecular complexity index is 1570. The first-order chi connectivity index (χ1) is 18.3. The van der Waals surface area contributed by atoms with Crippen LogP contribution in [0.5, 0.6) is 5.75 Å². The summed E-state index contributed by atoms with van der Waals surface area (Å²) < 4.78 is 134. The van der Waals surface area contributed by atoms with Gasteiger partial charge in [0.05, 0.1) is 10.6 Å². The lowest BCUT2D eigenvalue weighted by atomic mass is 9.92. The van der Waals surface area contributed by atoms with Crippen LogP contribution in [-0.2, 0) is 20.4 Å². The van der Waals surface area contributed by atoms with Crippen molar-refractivity contribution in [1.82, 2.24) is 0 Å². The van der Waals surface area contributed by atoms with Crippen molar-refractivity contribution < 1.29 is 63.7 Å². The van der Waals surface area contributed by atoms with Gasteiger partial charge in [-0.15, -0.1) is 0 Å². The summed E-state index contributed by atoms with van der Waals surface area (Å²) in [5, 5.41) is 29.1. The van der Waals surface area contributed by atoms with Gasteiger partial charge in [-0.2, -0.15) is 26.3 Å². The number of nitrogens with one attached hydrogen (secondary N) is 1. The molecule has 3 rings (SSSR count). The lowest BCUT2D eigenvalue weighted by Crippen LogP contribution is -2.54. The normalized spacial score (nSPS) is 13.3. The van der Waals surface area contributed by atoms with Gasteiger partial charge in [0.15, 0.2) is 0 Å². The van der Waals surface area contributed by atoms with Crippen molar-refractivity contribution in [2.75, 3.05) is 4.72 Å². The zero-order valence-corrected chi connectivity index (χ0v) is 20.2. The van der Waals surface area contributed by atoms with E-state index in [0.29, 0.717) is 12.1 Å². The summed E-state index contributed by atoms with van der Waals surface area (Å²) in [6.07, 6.45) is -12.1. The van der Waals surface area contributed by atoms with E-state index < -0.39 is 67.5 Å². The van der Waals surface area contributed by atoms with Crippen LogP contribution in [0.4, 0.5) is 40.8 Å². The number of phenolic OH excluding ortho intramolecular Hbond substituents is 1. The number of aliphatic carboxylic acids is 1. The number of hydrogen-bond acceptors (Lipinski definition) is 5. The number of aromatic hydroxyl groups is 1. The highest BCUT2D eigenvalue weighted by Gasteiger charge is 2.71. The maximum Gasteiger partial charge on any atom is 0.430 e. The lowest BCUT2D eigenvalue weighted by molar-refractivity contribution is -0.376. The van der Waals surface area contributed by atoms with Crippen LogP contribution >= 0.6 is 0 Å². The Morgan fingerprint density at radius 1 is 0.825 bits per heavy atom. The molecule has 40 heavy (non-hydrogen) atoms. The monoisotopic (exact) mass is 597 g/mol. The van der Waals surface area contributed by atoms with E-state index in [4.69, 9.17) is 0 Å². The van der Waals surface area contributed by atoms with Crippen LogP contribution in [0, 0.1) is 11.6 Å². The molecule has 0 amide bonds. The number of anilines is 1. The standard InChI is InChI=1S/C24H15F8NO6S/c25-14-3-1-12(2-4-14)19(11-21(35)36)18-6-5-17(10-20(18)34)40(38,39)33-16-8-13(7-15(26)9-16)22(37,23(27,28)29)24(30,31)32/h1-11,33-34,37H,(H,35,36). The number of benzene rings is 3. The second-order valence-corrected chi connectivity index (χ2v) is 9.80. The number of alkyl halides is 6. The summed E-state index contributed by atoms with van der Waals surface area (Å²) in [6, 6.07) is 6.48. The molecular formula is C24H15F8NO6S. The third kappa shape index (κ3) is 6.02. The Labute approximate surface area is 219 Å². The molecular weight excluding hydrogens is 582 g/mol. The van der Waals surface area contributed by atoms with Crippen LogP contribution in [0.25, 0.3) is 5.57 Å². The van der Waals surface area contributed by atoms with Crippen molar-refractivity contribution in [3.05, 3.63) is 95.1 Å². The number of rotatable bonds is 7. The molecule has 0 bridgehead atoms. The predicted octanol–water partition coefficient (Wildman–Crippen LogP) is 5.30. The number of aliphatic hydroxyl groups is 1. The minimum atomic E-state index is -6.37. The predicted molar refractivity (Wildman–Crippen MR) is 122 cm³/mol.